The Morgan fingerprint density at radius 1 is 1.56 bits per heavy atom. The number of rotatable bonds is 4. The molecule has 0 saturated heterocycles. The lowest BCUT2D eigenvalue weighted by atomic mass is 9.92. The number of hydrogen-bond donors (Lipinski definition) is 1. The van der Waals surface area contributed by atoms with Crippen LogP contribution in [0.5, 0.6) is 0 Å². The lowest BCUT2D eigenvalue weighted by molar-refractivity contribution is -0.150. The minimum Gasteiger partial charge on any atom is -0.464 e. The Labute approximate surface area is 101 Å². The smallest absolute Gasteiger partial charge is 0.330 e. The summed E-state index contributed by atoms with van der Waals surface area (Å²) in [5, 5.41) is 3.57. The highest BCUT2D eigenvalue weighted by Crippen LogP contribution is 2.24. The van der Waals surface area contributed by atoms with Crippen LogP contribution in [0.3, 0.4) is 0 Å². The molecular formula is C12H16ClNO2. The molecule has 1 aromatic carbocycles. The summed E-state index contributed by atoms with van der Waals surface area (Å²) in [5.41, 5.74) is -0.0677. The van der Waals surface area contributed by atoms with Gasteiger partial charge in [0.1, 0.15) is 5.54 Å². The number of benzene rings is 1. The van der Waals surface area contributed by atoms with Gasteiger partial charge in [0.2, 0.25) is 0 Å². The summed E-state index contributed by atoms with van der Waals surface area (Å²) in [6.07, 6.45) is 0. The molecule has 1 atom stereocenters. The van der Waals surface area contributed by atoms with Crippen LogP contribution in [0.2, 0.25) is 5.02 Å². The summed E-state index contributed by atoms with van der Waals surface area (Å²) in [5.74, 6) is -0.306. The molecule has 0 aliphatic rings. The van der Waals surface area contributed by atoms with Crippen LogP contribution in [0.4, 0.5) is 0 Å². The van der Waals surface area contributed by atoms with Gasteiger partial charge in [0.25, 0.3) is 0 Å². The molecule has 88 valence electrons. The average molecular weight is 242 g/mol. The van der Waals surface area contributed by atoms with Crippen molar-refractivity contribution in [1.29, 1.82) is 0 Å². The van der Waals surface area contributed by atoms with E-state index in [4.69, 9.17) is 16.3 Å². The summed E-state index contributed by atoms with van der Waals surface area (Å²) in [7, 11) is 1.72. The van der Waals surface area contributed by atoms with E-state index < -0.39 is 5.54 Å². The molecule has 0 spiro atoms. The van der Waals surface area contributed by atoms with Crippen LogP contribution >= 0.6 is 11.6 Å². The second-order valence-corrected chi connectivity index (χ2v) is 4.04. The van der Waals surface area contributed by atoms with Crippen LogP contribution in [0.25, 0.3) is 0 Å². The number of hydrogen-bond acceptors (Lipinski definition) is 3. The molecule has 4 heteroatoms. The summed E-state index contributed by atoms with van der Waals surface area (Å²) in [6, 6.07) is 7.19. The van der Waals surface area contributed by atoms with Gasteiger partial charge < -0.3 is 10.1 Å². The van der Waals surface area contributed by atoms with E-state index in [0.717, 1.165) is 5.56 Å². The Morgan fingerprint density at radius 3 is 2.75 bits per heavy atom. The molecule has 3 nitrogen and oxygen atoms in total. The van der Waals surface area contributed by atoms with Crippen LogP contribution in [0, 0.1) is 0 Å². The second-order valence-electron chi connectivity index (χ2n) is 3.61. The van der Waals surface area contributed by atoms with Crippen molar-refractivity contribution in [2.45, 2.75) is 19.4 Å². The zero-order valence-electron chi connectivity index (χ0n) is 9.71. The molecule has 0 saturated carbocycles. The maximum atomic E-state index is 11.9. The Morgan fingerprint density at radius 2 is 2.25 bits per heavy atom. The second kappa shape index (κ2) is 5.32. The van der Waals surface area contributed by atoms with E-state index in [0.29, 0.717) is 11.6 Å². The van der Waals surface area contributed by atoms with Gasteiger partial charge in [-0.2, -0.15) is 0 Å². The average Bonchev–Trinajstić information content (AvgIpc) is 2.28. The molecule has 0 radical (unpaired) electrons. The van der Waals surface area contributed by atoms with Crippen molar-refractivity contribution >= 4 is 17.6 Å². The topological polar surface area (TPSA) is 38.3 Å². The molecular weight excluding hydrogens is 226 g/mol. The van der Waals surface area contributed by atoms with Crippen molar-refractivity contribution in [3.8, 4) is 0 Å². The van der Waals surface area contributed by atoms with Crippen molar-refractivity contribution in [2.24, 2.45) is 0 Å². The van der Waals surface area contributed by atoms with E-state index >= 15 is 0 Å². The Hall–Kier alpha value is -1.06. The maximum Gasteiger partial charge on any atom is 0.330 e. The number of likely N-dealkylation sites (N-methyl/N-ethyl adjacent to an activating group) is 1. The third-order valence-electron chi connectivity index (χ3n) is 2.59. The van der Waals surface area contributed by atoms with Gasteiger partial charge in [0, 0.05) is 5.02 Å². The van der Waals surface area contributed by atoms with Crippen LogP contribution in [-0.2, 0) is 15.1 Å². The zero-order valence-corrected chi connectivity index (χ0v) is 10.5. The highest BCUT2D eigenvalue weighted by Gasteiger charge is 2.35. The molecule has 0 fully saturated rings. The number of carbonyl (C=O) groups is 1. The summed E-state index contributed by atoms with van der Waals surface area (Å²) < 4.78 is 5.05. The van der Waals surface area contributed by atoms with Crippen LogP contribution in [0.15, 0.2) is 24.3 Å². The Balaban J connectivity index is 3.09. The van der Waals surface area contributed by atoms with Crippen molar-refractivity contribution in [3.05, 3.63) is 34.9 Å². The Kier molecular flexibility index (Phi) is 4.33. The van der Waals surface area contributed by atoms with Gasteiger partial charge in [-0.3, -0.25) is 0 Å². The largest absolute Gasteiger partial charge is 0.464 e. The predicted octanol–water partition coefficient (Wildman–Crippen LogP) is 2.34. The number of carbonyl (C=O) groups excluding carboxylic acids is 1. The van der Waals surface area contributed by atoms with Gasteiger partial charge >= 0.3 is 5.97 Å². The number of esters is 1. The molecule has 16 heavy (non-hydrogen) atoms. The fourth-order valence-corrected chi connectivity index (χ4v) is 1.63. The predicted molar refractivity (Wildman–Crippen MR) is 64.5 cm³/mol. The molecule has 0 aliphatic carbocycles. The van der Waals surface area contributed by atoms with Crippen molar-refractivity contribution < 1.29 is 9.53 Å². The highest BCUT2D eigenvalue weighted by atomic mass is 35.5. The lowest BCUT2D eigenvalue weighted by Crippen LogP contribution is -2.45. The molecule has 1 aromatic rings. The Bertz CT molecular complexity index is 381. The summed E-state index contributed by atoms with van der Waals surface area (Å²) in [6.45, 7) is 3.92. The maximum absolute atomic E-state index is 11.9. The van der Waals surface area contributed by atoms with Gasteiger partial charge in [0.15, 0.2) is 0 Å². The number of nitrogens with one attached hydrogen (secondary N) is 1. The lowest BCUT2D eigenvalue weighted by Gasteiger charge is -2.27. The first-order chi connectivity index (χ1) is 7.54. The van der Waals surface area contributed by atoms with Gasteiger partial charge in [-0.15, -0.1) is 0 Å². The van der Waals surface area contributed by atoms with E-state index in [2.05, 4.69) is 5.32 Å². The third kappa shape index (κ3) is 2.54. The molecule has 0 amide bonds. The monoisotopic (exact) mass is 241 g/mol. The highest BCUT2D eigenvalue weighted by molar-refractivity contribution is 6.30. The van der Waals surface area contributed by atoms with Gasteiger partial charge in [0.05, 0.1) is 6.61 Å². The zero-order chi connectivity index (χ0) is 12.2. The van der Waals surface area contributed by atoms with Crippen LogP contribution in [0.1, 0.15) is 19.4 Å². The molecule has 0 aliphatic heterocycles. The SMILES string of the molecule is CCOC(=O)C(C)(NC)c1cccc(Cl)c1. The molecule has 0 bridgehead atoms. The van der Waals surface area contributed by atoms with Crippen LogP contribution in [-0.4, -0.2) is 19.6 Å². The van der Waals surface area contributed by atoms with Gasteiger partial charge in [-0.05, 0) is 38.6 Å². The van der Waals surface area contributed by atoms with E-state index in [1.165, 1.54) is 0 Å². The summed E-state index contributed by atoms with van der Waals surface area (Å²) in [4.78, 5) is 11.9. The fraction of sp³-hybridized carbons (Fsp3) is 0.417. The summed E-state index contributed by atoms with van der Waals surface area (Å²) >= 11 is 5.91. The first-order valence-corrected chi connectivity index (χ1v) is 5.54. The molecule has 0 aromatic heterocycles. The van der Waals surface area contributed by atoms with E-state index in [-0.39, 0.29) is 5.97 Å². The van der Waals surface area contributed by atoms with Gasteiger partial charge in [-0.1, -0.05) is 23.7 Å². The van der Waals surface area contributed by atoms with Crippen molar-refractivity contribution in [2.75, 3.05) is 13.7 Å². The van der Waals surface area contributed by atoms with Crippen LogP contribution < -0.4 is 5.32 Å². The standard InChI is InChI=1S/C12H16ClNO2/c1-4-16-11(15)12(2,14-3)9-6-5-7-10(13)8-9/h5-8,14H,4H2,1-3H3. The van der Waals surface area contributed by atoms with E-state index in [9.17, 15) is 4.79 Å². The first-order valence-electron chi connectivity index (χ1n) is 5.16. The third-order valence-corrected chi connectivity index (χ3v) is 2.82. The number of halogens is 1. The molecule has 1 unspecified atom stereocenters. The molecule has 0 heterocycles. The van der Waals surface area contributed by atoms with Crippen molar-refractivity contribution in [1.82, 2.24) is 5.32 Å². The quantitative estimate of drug-likeness (QED) is 0.823. The van der Waals surface area contributed by atoms with Crippen molar-refractivity contribution in [3.63, 3.8) is 0 Å². The molecule has 1 rings (SSSR count). The van der Waals surface area contributed by atoms with E-state index in [1.807, 2.05) is 12.1 Å². The minimum atomic E-state index is -0.860. The fourth-order valence-electron chi connectivity index (χ4n) is 1.44. The molecule has 1 N–H and O–H groups in total. The minimum absolute atomic E-state index is 0.306. The first kappa shape index (κ1) is 13.0. The van der Waals surface area contributed by atoms with Gasteiger partial charge in [-0.25, -0.2) is 4.79 Å². The number of ether oxygens (including phenoxy) is 1. The normalized spacial score (nSPS) is 14.2. The van der Waals surface area contributed by atoms with E-state index in [1.54, 1.807) is 33.0 Å².